The third-order valence-corrected chi connectivity index (χ3v) is 1.72. The Morgan fingerprint density at radius 2 is 2.29 bits per heavy atom. The van der Waals surface area contributed by atoms with E-state index in [0.29, 0.717) is 5.57 Å². The van der Waals surface area contributed by atoms with Gasteiger partial charge >= 0.3 is 0 Å². The Bertz CT molecular complexity index is 319. The summed E-state index contributed by atoms with van der Waals surface area (Å²) in [4.78, 5) is 12.8. The highest BCUT2D eigenvalue weighted by atomic mass is 16.1. The van der Waals surface area contributed by atoms with Crippen LogP contribution >= 0.6 is 0 Å². The number of hydrogen-bond acceptors (Lipinski definition) is 4. The van der Waals surface area contributed by atoms with Gasteiger partial charge in [0.15, 0.2) is 0 Å². The molecule has 0 aromatic carbocycles. The second-order valence-corrected chi connectivity index (χ2v) is 3.17. The van der Waals surface area contributed by atoms with Crippen molar-refractivity contribution in [1.82, 2.24) is 15.1 Å². The smallest absolute Gasteiger partial charge is 0.150 e. The summed E-state index contributed by atoms with van der Waals surface area (Å²) in [5.74, 6) is 0. The predicted molar refractivity (Wildman–Crippen MR) is 54.6 cm³/mol. The van der Waals surface area contributed by atoms with E-state index in [2.05, 4.69) is 10.2 Å². The lowest BCUT2D eigenvalue weighted by Crippen LogP contribution is -2.11. The number of allylic oxidation sites excluding steroid dienone is 1. The normalized spacial score (nSPS) is 11.8. The van der Waals surface area contributed by atoms with E-state index in [0.717, 1.165) is 18.4 Å². The second kappa shape index (κ2) is 5.24. The molecule has 0 saturated carbocycles. The number of nitrogens with zero attached hydrogens (tertiary/aromatic N) is 3. The zero-order valence-corrected chi connectivity index (χ0v) is 8.34. The largest absolute Gasteiger partial charge is 0.306 e. The average molecular weight is 191 g/mol. The number of rotatable bonds is 4. The first-order chi connectivity index (χ1) is 6.74. The molecule has 1 heterocycles. The molecule has 0 aliphatic rings. The van der Waals surface area contributed by atoms with Crippen LogP contribution in [-0.4, -0.2) is 42.0 Å². The van der Waals surface area contributed by atoms with Crippen molar-refractivity contribution >= 4 is 11.9 Å². The predicted octanol–water partition coefficient (Wildman–Crippen LogP) is 0.620. The van der Waals surface area contributed by atoms with Gasteiger partial charge in [-0.15, -0.1) is 0 Å². The van der Waals surface area contributed by atoms with Crippen LogP contribution in [0.15, 0.2) is 24.5 Å². The number of carbonyl (C=O) groups is 1. The van der Waals surface area contributed by atoms with Crippen LogP contribution in [0.5, 0.6) is 0 Å². The van der Waals surface area contributed by atoms with Gasteiger partial charge in [0, 0.05) is 17.7 Å². The molecule has 0 fully saturated rings. The van der Waals surface area contributed by atoms with Crippen molar-refractivity contribution in [2.24, 2.45) is 0 Å². The molecule has 1 rings (SSSR count). The van der Waals surface area contributed by atoms with Gasteiger partial charge < -0.3 is 4.90 Å². The van der Waals surface area contributed by atoms with Crippen molar-refractivity contribution in [3.63, 3.8) is 0 Å². The maximum atomic E-state index is 10.8. The summed E-state index contributed by atoms with van der Waals surface area (Å²) in [6, 6.07) is 1.77. The summed E-state index contributed by atoms with van der Waals surface area (Å²) < 4.78 is 0. The maximum Gasteiger partial charge on any atom is 0.150 e. The van der Waals surface area contributed by atoms with E-state index in [1.165, 1.54) is 0 Å². The molecule has 0 saturated heterocycles. The van der Waals surface area contributed by atoms with E-state index in [9.17, 15) is 4.79 Å². The molecule has 4 heteroatoms. The molecular formula is C10H13N3O. The Morgan fingerprint density at radius 1 is 1.50 bits per heavy atom. The number of carbonyl (C=O) groups excluding carboxylic acids is 1. The summed E-state index contributed by atoms with van der Waals surface area (Å²) in [7, 11) is 3.90. The Morgan fingerprint density at radius 3 is 2.79 bits per heavy atom. The Kier molecular flexibility index (Phi) is 3.94. The summed E-state index contributed by atoms with van der Waals surface area (Å²) in [6.07, 6.45) is 5.85. The van der Waals surface area contributed by atoms with Gasteiger partial charge in [-0.3, -0.25) is 4.79 Å². The molecule has 1 aromatic rings. The first-order valence-corrected chi connectivity index (χ1v) is 4.31. The fourth-order valence-corrected chi connectivity index (χ4v) is 0.976. The van der Waals surface area contributed by atoms with Gasteiger partial charge in [-0.2, -0.15) is 10.2 Å². The highest BCUT2D eigenvalue weighted by Crippen LogP contribution is 2.08. The van der Waals surface area contributed by atoms with Crippen LogP contribution in [0.4, 0.5) is 0 Å². The van der Waals surface area contributed by atoms with E-state index in [4.69, 9.17) is 0 Å². The van der Waals surface area contributed by atoms with Crippen molar-refractivity contribution in [3.05, 3.63) is 30.1 Å². The number of likely N-dealkylation sites (N-methyl/N-ethyl adjacent to an activating group) is 1. The standard InChI is InChI=1S/C10H13N3O/c1-13(2)6-4-10(8-14)9-3-5-11-12-7-9/h3-5,7-8H,6H2,1-2H3. The number of hydrogen-bond donors (Lipinski definition) is 0. The summed E-state index contributed by atoms with van der Waals surface area (Å²) >= 11 is 0. The van der Waals surface area contributed by atoms with Crippen LogP contribution in [0.1, 0.15) is 5.56 Å². The first-order valence-electron chi connectivity index (χ1n) is 4.31. The maximum absolute atomic E-state index is 10.8. The molecule has 4 nitrogen and oxygen atoms in total. The molecule has 0 aliphatic carbocycles. The molecule has 0 atom stereocenters. The summed E-state index contributed by atoms with van der Waals surface area (Å²) in [6.45, 7) is 0.733. The molecular weight excluding hydrogens is 178 g/mol. The van der Waals surface area contributed by atoms with E-state index < -0.39 is 0 Å². The van der Waals surface area contributed by atoms with Crippen molar-refractivity contribution in [2.45, 2.75) is 0 Å². The highest BCUT2D eigenvalue weighted by Gasteiger charge is 1.99. The summed E-state index contributed by atoms with van der Waals surface area (Å²) in [5.41, 5.74) is 1.45. The molecule has 0 bridgehead atoms. The molecule has 0 radical (unpaired) electrons. The van der Waals surface area contributed by atoms with Crippen LogP contribution in [0.2, 0.25) is 0 Å². The zero-order chi connectivity index (χ0) is 10.4. The Labute approximate surface area is 83.3 Å². The molecule has 0 unspecified atom stereocenters. The van der Waals surface area contributed by atoms with Crippen molar-refractivity contribution in [2.75, 3.05) is 20.6 Å². The molecule has 1 aromatic heterocycles. The van der Waals surface area contributed by atoms with Gasteiger partial charge in [-0.05, 0) is 20.2 Å². The molecule has 14 heavy (non-hydrogen) atoms. The van der Waals surface area contributed by atoms with Crippen molar-refractivity contribution in [1.29, 1.82) is 0 Å². The highest BCUT2D eigenvalue weighted by molar-refractivity contribution is 6.06. The molecule has 74 valence electrons. The minimum atomic E-state index is 0.647. The minimum absolute atomic E-state index is 0.647. The van der Waals surface area contributed by atoms with Gasteiger partial charge in [-0.25, -0.2) is 0 Å². The summed E-state index contributed by atoms with van der Waals surface area (Å²) in [5, 5.41) is 7.37. The average Bonchev–Trinajstić information content (AvgIpc) is 2.20. The van der Waals surface area contributed by atoms with Crippen molar-refractivity contribution < 1.29 is 4.79 Å². The lowest BCUT2D eigenvalue weighted by molar-refractivity contribution is -0.103. The van der Waals surface area contributed by atoms with Crippen LogP contribution < -0.4 is 0 Å². The monoisotopic (exact) mass is 191 g/mol. The molecule has 0 spiro atoms. The SMILES string of the molecule is CN(C)CC=C(C=O)c1ccnnc1. The van der Waals surface area contributed by atoms with E-state index >= 15 is 0 Å². The lowest BCUT2D eigenvalue weighted by Gasteiger charge is -2.05. The third-order valence-electron chi connectivity index (χ3n) is 1.72. The number of aldehydes is 1. The fraction of sp³-hybridized carbons (Fsp3) is 0.300. The topological polar surface area (TPSA) is 46.1 Å². The van der Waals surface area contributed by atoms with Gasteiger partial charge in [0.25, 0.3) is 0 Å². The Balaban J connectivity index is 2.82. The zero-order valence-electron chi connectivity index (χ0n) is 8.34. The van der Waals surface area contributed by atoms with Gasteiger partial charge in [0.1, 0.15) is 6.29 Å². The second-order valence-electron chi connectivity index (χ2n) is 3.17. The van der Waals surface area contributed by atoms with Gasteiger partial charge in [-0.1, -0.05) is 6.08 Å². The van der Waals surface area contributed by atoms with Crippen LogP contribution in [0.25, 0.3) is 5.57 Å². The molecule has 0 N–H and O–H groups in total. The number of aromatic nitrogens is 2. The van der Waals surface area contributed by atoms with Gasteiger partial charge in [0.2, 0.25) is 0 Å². The third kappa shape index (κ3) is 3.06. The van der Waals surface area contributed by atoms with E-state index in [1.807, 2.05) is 25.1 Å². The first kappa shape index (κ1) is 10.5. The van der Waals surface area contributed by atoms with E-state index in [1.54, 1.807) is 18.5 Å². The van der Waals surface area contributed by atoms with Crippen LogP contribution in [0, 0.1) is 0 Å². The van der Waals surface area contributed by atoms with Crippen LogP contribution in [0.3, 0.4) is 0 Å². The minimum Gasteiger partial charge on any atom is -0.306 e. The van der Waals surface area contributed by atoms with E-state index in [-0.39, 0.29) is 0 Å². The Hall–Kier alpha value is -1.55. The van der Waals surface area contributed by atoms with Gasteiger partial charge in [0.05, 0.1) is 12.4 Å². The molecule has 0 amide bonds. The van der Waals surface area contributed by atoms with Crippen molar-refractivity contribution in [3.8, 4) is 0 Å². The molecule has 0 aliphatic heterocycles. The lowest BCUT2D eigenvalue weighted by atomic mass is 10.1. The quantitative estimate of drug-likeness (QED) is 0.517. The van der Waals surface area contributed by atoms with Crippen LogP contribution in [-0.2, 0) is 4.79 Å². The fourth-order valence-electron chi connectivity index (χ4n) is 0.976.